The predicted octanol–water partition coefficient (Wildman–Crippen LogP) is 0.556. The number of carboxylic acids is 1. The minimum atomic E-state index is -4.80. The molecule has 0 unspecified atom stereocenters. The van der Waals surface area contributed by atoms with Crippen molar-refractivity contribution in [2.75, 3.05) is 0 Å². The van der Waals surface area contributed by atoms with E-state index in [2.05, 4.69) is 0 Å². The molecule has 1 aromatic rings. The van der Waals surface area contributed by atoms with Crippen molar-refractivity contribution in [1.29, 1.82) is 0 Å². The largest absolute Gasteiger partial charge is 1.00 e. The van der Waals surface area contributed by atoms with Crippen molar-refractivity contribution in [1.82, 2.24) is 0 Å². The number of alkyl halides is 3. The van der Waals surface area contributed by atoms with Crippen molar-refractivity contribution in [3.8, 4) is 5.75 Å². The van der Waals surface area contributed by atoms with E-state index in [1.807, 2.05) is 0 Å². The number of carbonyl (C=O) groups is 1. The van der Waals surface area contributed by atoms with Crippen molar-refractivity contribution in [3.05, 3.63) is 33.9 Å². The average molecular weight is 317 g/mol. The summed E-state index contributed by atoms with van der Waals surface area (Å²) in [6.45, 7) is 1.54. The Morgan fingerprint density at radius 2 is 2.05 bits per heavy atom. The smallest absolute Gasteiger partial charge is 1.00 e. The fraction of sp³-hybridized carbons (Fsp3) is 0.250. The molecule has 0 bridgehead atoms. The van der Waals surface area contributed by atoms with Gasteiger partial charge in [0, 0.05) is 10.6 Å². The van der Waals surface area contributed by atoms with Crippen LogP contribution in [0.1, 0.15) is 12.6 Å². The Bertz CT molecular complexity index is 590. The maximum absolute atomic E-state index is 12.8. The fourth-order valence-electron chi connectivity index (χ4n) is 1.87. The molecule has 1 aliphatic heterocycles. The van der Waals surface area contributed by atoms with Crippen LogP contribution in [0.5, 0.6) is 5.75 Å². The fourth-order valence-corrected chi connectivity index (χ4v) is 2.15. The number of benzene rings is 1. The van der Waals surface area contributed by atoms with E-state index in [1.54, 1.807) is 0 Å². The van der Waals surface area contributed by atoms with E-state index in [0.29, 0.717) is 10.6 Å². The molecule has 0 radical (unpaired) electrons. The Balaban J connectivity index is 0.00000200. The number of hydrogen-bond donors (Lipinski definition) is 1. The summed E-state index contributed by atoms with van der Waals surface area (Å²) in [5, 5.41) is 9.15. The number of rotatable bonds is 1. The van der Waals surface area contributed by atoms with Crippen molar-refractivity contribution in [2.24, 2.45) is 0 Å². The molecule has 8 heteroatoms. The standard InChI is InChI=1S/C12H8ClF3O3.Na.H/c1-5-2-7(13)3-6-4-8(11(17)18)10(12(14,15)16)19-9(5)6;;/h2-4,10H,1H3,(H,17,18);;/q;+1;-1/t10-;;/m0../s1. The van der Waals surface area contributed by atoms with Crippen molar-refractivity contribution in [2.45, 2.75) is 19.2 Å². The molecule has 1 aromatic carbocycles. The summed E-state index contributed by atoms with van der Waals surface area (Å²) in [6, 6.07) is 2.81. The van der Waals surface area contributed by atoms with E-state index in [9.17, 15) is 18.0 Å². The van der Waals surface area contributed by atoms with Crippen LogP contribution in [0.25, 0.3) is 6.08 Å². The molecule has 3 nitrogen and oxygen atoms in total. The zero-order valence-electron chi connectivity index (χ0n) is 11.6. The number of carboxylic acid groups (broad SMARTS) is 1. The van der Waals surface area contributed by atoms with Gasteiger partial charge in [-0.15, -0.1) is 0 Å². The SMILES string of the molecule is Cc1cc(Cl)cc2c1O[C@H](C(F)(F)F)C(C(=O)O)=C2.[H-].[Na+]. The van der Waals surface area contributed by atoms with E-state index in [0.717, 1.165) is 6.08 Å². The van der Waals surface area contributed by atoms with Crippen LogP contribution in [0.15, 0.2) is 17.7 Å². The number of fused-ring (bicyclic) bond motifs is 1. The van der Waals surface area contributed by atoms with Crippen LogP contribution in [0.3, 0.4) is 0 Å². The molecule has 1 heterocycles. The van der Waals surface area contributed by atoms with Crippen molar-refractivity contribution in [3.63, 3.8) is 0 Å². The van der Waals surface area contributed by atoms with Gasteiger partial charge in [-0.25, -0.2) is 4.79 Å². The number of hydrogen-bond acceptors (Lipinski definition) is 2. The molecule has 1 aliphatic rings. The van der Waals surface area contributed by atoms with Gasteiger partial charge in [-0.05, 0) is 30.7 Å². The average Bonchev–Trinajstić information content (AvgIpc) is 2.25. The predicted molar refractivity (Wildman–Crippen MR) is 63.4 cm³/mol. The number of ether oxygens (including phenoxy) is 1. The van der Waals surface area contributed by atoms with Gasteiger partial charge in [0.2, 0.25) is 6.10 Å². The first kappa shape index (κ1) is 17.4. The van der Waals surface area contributed by atoms with E-state index in [1.165, 1.54) is 19.1 Å². The first-order valence-electron chi connectivity index (χ1n) is 5.18. The van der Waals surface area contributed by atoms with E-state index >= 15 is 0 Å². The summed E-state index contributed by atoms with van der Waals surface area (Å²) in [5.41, 5.74) is -0.220. The van der Waals surface area contributed by atoms with Gasteiger partial charge in [0.15, 0.2) is 0 Å². The molecule has 2 rings (SSSR count). The molecular weight excluding hydrogens is 308 g/mol. The summed E-state index contributed by atoms with van der Waals surface area (Å²) < 4.78 is 43.2. The van der Waals surface area contributed by atoms with Gasteiger partial charge in [-0.1, -0.05) is 11.6 Å². The van der Waals surface area contributed by atoms with Crippen LogP contribution < -0.4 is 34.3 Å². The van der Waals surface area contributed by atoms with Crippen LogP contribution in [-0.4, -0.2) is 23.4 Å². The molecule has 1 N–H and O–H groups in total. The van der Waals surface area contributed by atoms with Gasteiger partial charge < -0.3 is 11.3 Å². The molecule has 0 spiro atoms. The zero-order chi connectivity index (χ0) is 14.4. The van der Waals surface area contributed by atoms with E-state index in [4.69, 9.17) is 21.4 Å². The maximum atomic E-state index is 12.8. The third kappa shape index (κ3) is 3.31. The van der Waals surface area contributed by atoms with Gasteiger partial charge in [-0.2, -0.15) is 13.2 Å². The number of halogens is 4. The number of aryl methyl sites for hydroxylation is 1. The van der Waals surface area contributed by atoms with Crippen LogP contribution in [0, 0.1) is 6.92 Å². The molecule has 0 amide bonds. The summed E-state index contributed by atoms with van der Waals surface area (Å²) >= 11 is 5.78. The molecule has 0 aromatic heterocycles. The summed E-state index contributed by atoms with van der Waals surface area (Å²) in [6.07, 6.45) is -6.33. The Labute approximate surface area is 141 Å². The molecule has 104 valence electrons. The summed E-state index contributed by atoms with van der Waals surface area (Å²) in [4.78, 5) is 10.9. The molecule has 0 saturated heterocycles. The summed E-state index contributed by atoms with van der Waals surface area (Å²) in [7, 11) is 0. The van der Waals surface area contributed by atoms with Gasteiger partial charge in [0.05, 0.1) is 5.57 Å². The van der Waals surface area contributed by atoms with Crippen LogP contribution in [0.4, 0.5) is 13.2 Å². The number of aliphatic carboxylic acids is 1. The quantitative estimate of drug-likeness (QED) is 0.770. The van der Waals surface area contributed by atoms with Crippen LogP contribution in [0.2, 0.25) is 5.02 Å². The third-order valence-electron chi connectivity index (χ3n) is 2.64. The third-order valence-corrected chi connectivity index (χ3v) is 2.86. The normalized spacial score (nSPS) is 17.4. The topological polar surface area (TPSA) is 46.5 Å². The van der Waals surface area contributed by atoms with Gasteiger partial charge >= 0.3 is 41.7 Å². The molecule has 1 atom stereocenters. The van der Waals surface area contributed by atoms with Gasteiger partial charge in [0.25, 0.3) is 0 Å². The molecule has 0 fully saturated rings. The van der Waals surface area contributed by atoms with Gasteiger partial charge in [-0.3, -0.25) is 0 Å². The monoisotopic (exact) mass is 316 g/mol. The van der Waals surface area contributed by atoms with Gasteiger partial charge in [0.1, 0.15) is 5.75 Å². The second kappa shape index (κ2) is 5.97. The first-order valence-corrected chi connectivity index (χ1v) is 5.56. The summed E-state index contributed by atoms with van der Waals surface area (Å²) in [5.74, 6) is -1.68. The second-order valence-electron chi connectivity index (χ2n) is 4.09. The Hall–Kier alpha value is -0.690. The van der Waals surface area contributed by atoms with Crippen LogP contribution >= 0.6 is 11.6 Å². The maximum Gasteiger partial charge on any atom is 1.00 e. The van der Waals surface area contributed by atoms with Crippen molar-refractivity contribution < 1.29 is 58.8 Å². The molecule has 0 saturated carbocycles. The first-order chi connectivity index (χ1) is 8.70. The molecule has 20 heavy (non-hydrogen) atoms. The Kier molecular flexibility index (Phi) is 5.18. The minimum absolute atomic E-state index is 0. The van der Waals surface area contributed by atoms with Crippen molar-refractivity contribution >= 4 is 23.6 Å². The van der Waals surface area contributed by atoms with E-state index < -0.39 is 23.8 Å². The Morgan fingerprint density at radius 3 is 2.55 bits per heavy atom. The minimum Gasteiger partial charge on any atom is -1.00 e. The second-order valence-corrected chi connectivity index (χ2v) is 4.52. The van der Waals surface area contributed by atoms with E-state index in [-0.39, 0.29) is 42.3 Å². The molecular formula is C12H9ClF3NaO3. The zero-order valence-corrected chi connectivity index (χ0v) is 13.3. The Morgan fingerprint density at radius 1 is 1.45 bits per heavy atom. The van der Waals surface area contributed by atoms with Crippen LogP contribution in [-0.2, 0) is 4.79 Å². The molecule has 0 aliphatic carbocycles.